The van der Waals surface area contributed by atoms with Crippen molar-refractivity contribution in [3.63, 3.8) is 0 Å². The molecule has 2 heterocycles. The van der Waals surface area contributed by atoms with Gasteiger partial charge in [0.2, 0.25) is 5.95 Å². The zero-order chi connectivity index (χ0) is 21.1. The Morgan fingerprint density at radius 1 is 1.17 bits per heavy atom. The fourth-order valence-electron chi connectivity index (χ4n) is 4.04. The minimum absolute atomic E-state index is 0.129. The Morgan fingerprint density at radius 3 is 2.48 bits per heavy atom. The summed E-state index contributed by atoms with van der Waals surface area (Å²) in [5, 5.41) is 9.97. The van der Waals surface area contributed by atoms with Gasteiger partial charge >= 0.3 is 0 Å². The number of morpholine rings is 1. The lowest BCUT2D eigenvalue weighted by Crippen LogP contribution is -2.38. The normalized spacial score (nSPS) is 14.7. The summed E-state index contributed by atoms with van der Waals surface area (Å²) in [4.78, 5) is 14.4. The van der Waals surface area contributed by atoms with E-state index in [-0.39, 0.29) is 5.78 Å². The average molecular weight is 417 g/mol. The number of ketones is 1. The van der Waals surface area contributed by atoms with Crippen molar-refractivity contribution in [1.82, 2.24) is 14.8 Å². The molecule has 6 nitrogen and oxygen atoms in total. The molecule has 0 aliphatic carbocycles. The minimum atomic E-state index is 0.129. The van der Waals surface area contributed by atoms with Crippen molar-refractivity contribution in [2.75, 3.05) is 31.2 Å². The van der Waals surface area contributed by atoms with Gasteiger partial charge in [-0.15, -0.1) is 10.2 Å². The van der Waals surface area contributed by atoms with Gasteiger partial charge in [-0.05, 0) is 55.9 Å². The molecule has 0 atom stereocenters. The quantitative estimate of drug-likeness (QED) is 0.498. The van der Waals surface area contributed by atoms with E-state index in [1.807, 2.05) is 6.92 Å². The number of carbonyl (C=O) groups is 1. The van der Waals surface area contributed by atoms with Crippen molar-refractivity contribution in [1.29, 1.82) is 0 Å². The fraction of sp³-hybridized carbons (Fsp3) is 0.591. The van der Waals surface area contributed by atoms with Crippen LogP contribution in [0.1, 0.15) is 53.4 Å². The molecule has 29 heavy (non-hydrogen) atoms. The van der Waals surface area contributed by atoms with Crippen molar-refractivity contribution in [3.05, 3.63) is 33.9 Å². The number of hydrogen-bond acceptors (Lipinski definition) is 6. The number of thioether (sulfide) groups is 1. The molecule has 0 saturated carbocycles. The first-order chi connectivity index (χ1) is 13.8. The fourth-order valence-corrected chi connectivity index (χ4v) is 5.17. The molecule has 0 N–H and O–H groups in total. The average Bonchev–Trinajstić information content (AvgIpc) is 3.03. The van der Waals surface area contributed by atoms with E-state index in [2.05, 4.69) is 53.4 Å². The molecule has 1 aromatic heterocycles. The molecule has 1 aliphatic rings. The van der Waals surface area contributed by atoms with Gasteiger partial charge in [0.15, 0.2) is 10.9 Å². The topological polar surface area (TPSA) is 60.3 Å². The van der Waals surface area contributed by atoms with Crippen molar-refractivity contribution in [3.8, 4) is 0 Å². The molecule has 1 saturated heterocycles. The van der Waals surface area contributed by atoms with E-state index in [4.69, 9.17) is 4.74 Å². The second-order valence-corrected chi connectivity index (χ2v) is 9.16. The second-order valence-electron chi connectivity index (χ2n) is 8.22. The van der Waals surface area contributed by atoms with Crippen LogP contribution in [-0.4, -0.2) is 46.9 Å². The molecule has 0 unspecified atom stereocenters. The largest absolute Gasteiger partial charge is 0.378 e. The lowest BCUT2D eigenvalue weighted by Gasteiger charge is -2.28. The SMILES string of the molecule is CC(=O)c1c(C)cc(C)c(CSc2nnc(N3CCOCC3)n2CC(C)C)c1C. The number of Topliss-reactive ketones (excluding diaryl/α,β-unsaturated/α-hetero) is 1. The maximum Gasteiger partial charge on any atom is 0.228 e. The predicted octanol–water partition coefficient (Wildman–Crippen LogP) is 4.19. The van der Waals surface area contributed by atoms with Crippen molar-refractivity contribution < 1.29 is 9.53 Å². The smallest absolute Gasteiger partial charge is 0.228 e. The van der Waals surface area contributed by atoms with Gasteiger partial charge in [-0.1, -0.05) is 31.7 Å². The summed E-state index contributed by atoms with van der Waals surface area (Å²) in [7, 11) is 0. The number of aryl methyl sites for hydroxylation is 2. The summed E-state index contributed by atoms with van der Waals surface area (Å²) in [6, 6.07) is 2.12. The monoisotopic (exact) mass is 416 g/mol. The zero-order valence-electron chi connectivity index (χ0n) is 18.4. The van der Waals surface area contributed by atoms with Crippen molar-refractivity contribution in [2.24, 2.45) is 5.92 Å². The summed E-state index contributed by atoms with van der Waals surface area (Å²) >= 11 is 1.70. The molecule has 0 bridgehead atoms. The van der Waals surface area contributed by atoms with E-state index >= 15 is 0 Å². The first kappa shape index (κ1) is 21.8. The highest BCUT2D eigenvalue weighted by molar-refractivity contribution is 7.98. The molecular weight excluding hydrogens is 384 g/mol. The van der Waals surface area contributed by atoms with E-state index in [0.29, 0.717) is 5.92 Å². The highest BCUT2D eigenvalue weighted by Gasteiger charge is 2.22. The van der Waals surface area contributed by atoms with Crippen LogP contribution in [0.25, 0.3) is 0 Å². The molecule has 1 aromatic carbocycles. The van der Waals surface area contributed by atoms with Gasteiger partial charge in [0.1, 0.15) is 0 Å². The van der Waals surface area contributed by atoms with E-state index in [1.54, 1.807) is 18.7 Å². The summed E-state index contributed by atoms with van der Waals surface area (Å²) in [6.07, 6.45) is 0. The van der Waals surface area contributed by atoms with E-state index < -0.39 is 0 Å². The Hall–Kier alpha value is -1.86. The Bertz CT molecular complexity index is 885. The Labute approximate surface area is 178 Å². The Kier molecular flexibility index (Phi) is 7.01. The number of ether oxygens (including phenoxy) is 1. The van der Waals surface area contributed by atoms with Crippen LogP contribution >= 0.6 is 11.8 Å². The van der Waals surface area contributed by atoms with Gasteiger partial charge in [0.05, 0.1) is 13.2 Å². The van der Waals surface area contributed by atoms with Crippen LogP contribution in [-0.2, 0) is 17.0 Å². The maximum atomic E-state index is 12.1. The van der Waals surface area contributed by atoms with E-state index in [9.17, 15) is 4.79 Å². The van der Waals surface area contributed by atoms with Gasteiger partial charge in [0.25, 0.3) is 0 Å². The second kappa shape index (κ2) is 9.30. The van der Waals surface area contributed by atoms with Crippen molar-refractivity contribution in [2.45, 2.75) is 59.0 Å². The predicted molar refractivity (Wildman–Crippen MR) is 118 cm³/mol. The molecule has 0 radical (unpaired) electrons. The highest BCUT2D eigenvalue weighted by Crippen LogP contribution is 2.31. The lowest BCUT2D eigenvalue weighted by atomic mass is 9.92. The Morgan fingerprint density at radius 2 is 1.86 bits per heavy atom. The summed E-state index contributed by atoms with van der Waals surface area (Å²) in [5.41, 5.74) is 5.44. The molecule has 0 amide bonds. The van der Waals surface area contributed by atoms with Crippen LogP contribution in [0.2, 0.25) is 0 Å². The standard InChI is InChI=1S/C22H32N4O2S/c1-14(2)12-26-21(25-7-9-28-10-8-25)23-24-22(26)29-13-19-15(3)11-16(4)20(17(19)5)18(6)27/h11,14H,7-10,12-13H2,1-6H3. The number of hydrogen-bond donors (Lipinski definition) is 0. The molecule has 2 aromatic rings. The molecule has 7 heteroatoms. The zero-order valence-corrected chi connectivity index (χ0v) is 19.2. The van der Waals surface area contributed by atoms with Crippen LogP contribution in [0.4, 0.5) is 5.95 Å². The third-order valence-corrected chi connectivity index (χ3v) is 6.36. The number of carbonyl (C=O) groups excluding carboxylic acids is 1. The number of anilines is 1. The van der Waals surface area contributed by atoms with Gasteiger partial charge < -0.3 is 9.64 Å². The van der Waals surface area contributed by atoms with Crippen LogP contribution in [0, 0.1) is 26.7 Å². The third-order valence-electron chi connectivity index (χ3n) is 5.37. The van der Waals surface area contributed by atoms with Crippen LogP contribution in [0.5, 0.6) is 0 Å². The minimum Gasteiger partial charge on any atom is -0.378 e. The molecule has 1 fully saturated rings. The number of rotatable bonds is 7. The molecular formula is C22H32N4O2S. The molecule has 3 rings (SSSR count). The lowest BCUT2D eigenvalue weighted by molar-refractivity contribution is 0.101. The molecule has 0 spiro atoms. The number of benzene rings is 1. The molecule has 1 aliphatic heterocycles. The van der Waals surface area contributed by atoms with Gasteiger partial charge in [-0.3, -0.25) is 9.36 Å². The van der Waals surface area contributed by atoms with Crippen LogP contribution in [0.3, 0.4) is 0 Å². The summed E-state index contributed by atoms with van der Waals surface area (Å²) in [6.45, 7) is 16.3. The summed E-state index contributed by atoms with van der Waals surface area (Å²) < 4.78 is 7.73. The first-order valence-electron chi connectivity index (χ1n) is 10.3. The number of aromatic nitrogens is 3. The first-order valence-corrected chi connectivity index (χ1v) is 11.3. The van der Waals surface area contributed by atoms with Gasteiger partial charge in [0, 0.05) is 31.0 Å². The van der Waals surface area contributed by atoms with Crippen LogP contribution < -0.4 is 4.90 Å². The van der Waals surface area contributed by atoms with Crippen molar-refractivity contribution >= 4 is 23.5 Å². The van der Waals surface area contributed by atoms with Gasteiger partial charge in [-0.2, -0.15) is 0 Å². The molecule has 158 valence electrons. The van der Waals surface area contributed by atoms with E-state index in [0.717, 1.165) is 66.4 Å². The summed E-state index contributed by atoms with van der Waals surface area (Å²) in [5.74, 6) is 2.34. The van der Waals surface area contributed by atoms with Gasteiger partial charge in [-0.25, -0.2) is 0 Å². The number of nitrogens with zero attached hydrogens (tertiary/aromatic N) is 4. The third kappa shape index (κ3) is 4.83. The Balaban J connectivity index is 1.88. The maximum absolute atomic E-state index is 12.1. The van der Waals surface area contributed by atoms with Crippen LogP contribution in [0.15, 0.2) is 11.2 Å². The highest BCUT2D eigenvalue weighted by atomic mass is 32.2. The van der Waals surface area contributed by atoms with E-state index in [1.165, 1.54) is 11.1 Å².